The number of imidazole rings is 1. The summed E-state index contributed by atoms with van der Waals surface area (Å²) in [6.07, 6.45) is 3.24. The fourth-order valence-corrected chi connectivity index (χ4v) is 0.923. The fraction of sp³-hybridized carbons (Fsp3) is 0.500. The lowest BCUT2D eigenvalue weighted by Gasteiger charge is -2.11. The first-order chi connectivity index (χ1) is 6.15. The number of aromatic nitrogens is 2. The average molecular weight is 183 g/mol. The summed E-state index contributed by atoms with van der Waals surface area (Å²) in [7, 11) is 3.38. The van der Waals surface area contributed by atoms with Gasteiger partial charge in [0, 0.05) is 26.5 Å². The minimum atomic E-state index is -0.145. The molecule has 1 heterocycles. The maximum absolute atomic E-state index is 11.3. The Morgan fingerprint density at radius 3 is 2.92 bits per heavy atom. The van der Waals surface area contributed by atoms with Gasteiger partial charge in [0.25, 0.3) is 0 Å². The zero-order chi connectivity index (χ0) is 9.84. The van der Waals surface area contributed by atoms with Gasteiger partial charge in [-0.3, -0.25) is 4.79 Å². The molecule has 0 radical (unpaired) electrons. The first kappa shape index (κ1) is 9.73. The van der Waals surface area contributed by atoms with Crippen molar-refractivity contribution < 1.29 is 9.90 Å². The molecule has 0 aliphatic carbocycles. The molecule has 13 heavy (non-hydrogen) atoms. The number of carbonyl (C=O) groups is 1. The number of aliphatic hydroxyl groups excluding tert-OH is 1. The summed E-state index contributed by atoms with van der Waals surface area (Å²) < 4.78 is 1.63. The summed E-state index contributed by atoms with van der Waals surface area (Å²) in [6.45, 7) is 0.0800. The molecule has 0 aliphatic heterocycles. The van der Waals surface area contributed by atoms with Crippen LogP contribution in [0.4, 0.5) is 0 Å². The van der Waals surface area contributed by atoms with Gasteiger partial charge in [0.05, 0.1) is 0 Å². The van der Waals surface area contributed by atoms with Crippen LogP contribution >= 0.6 is 0 Å². The summed E-state index contributed by atoms with van der Waals surface area (Å²) in [5.74, 6) is 0.489. The number of hydrogen-bond acceptors (Lipinski definition) is 3. The van der Waals surface area contributed by atoms with E-state index in [-0.39, 0.29) is 19.1 Å². The van der Waals surface area contributed by atoms with Gasteiger partial charge in [-0.2, -0.15) is 0 Å². The molecule has 0 bridgehead atoms. The predicted molar refractivity (Wildman–Crippen MR) is 46.8 cm³/mol. The number of rotatable bonds is 3. The lowest BCUT2D eigenvalue weighted by atomic mass is 10.5. The first-order valence-electron chi connectivity index (χ1n) is 3.96. The van der Waals surface area contributed by atoms with E-state index in [1.807, 2.05) is 0 Å². The molecular formula is C8H13N3O2. The second-order valence-electron chi connectivity index (χ2n) is 2.92. The molecule has 1 amide bonds. The highest BCUT2D eigenvalue weighted by atomic mass is 16.3. The number of hydrogen-bond donors (Lipinski definition) is 1. The van der Waals surface area contributed by atoms with Crippen molar-refractivity contribution >= 4 is 5.91 Å². The Bertz CT molecular complexity index is 293. The van der Waals surface area contributed by atoms with E-state index in [4.69, 9.17) is 5.11 Å². The molecule has 1 aromatic heterocycles. The largest absolute Gasteiger partial charge is 0.388 e. The van der Waals surface area contributed by atoms with Crippen LogP contribution in [0.25, 0.3) is 0 Å². The van der Waals surface area contributed by atoms with E-state index in [1.165, 1.54) is 4.90 Å². The Morgan fingerprint density at radius 1 is 1.69 bits per heavy atom. The van der Waals surface area contributed by atoms with Gasteiger partial charge in [0.2, 0.25) is 5.91 Å². The van der Waals surface area contributed by atoms with Crippen LogP contribution in [-0.2, 0) is 17.9 Å². The highest BCUT2D eigenvalue weighted by Gasteiger charge is 2.07. The highest BCUT2D eigenvalue weighted by molar-refractivity contribution is 5.75. The van der Waals surface area contributed by atoms with E-state index in [1.54, 1.807) is 31.1 Å². The number of carbonyl (C=O) groups excluding carboxylic acids is 1. The van der Waals surface area contributed by atoms with Crippen LogP contribution in [0.5, 0.6) is 0 Å². The molecule has 0 aliphatic rings. The molecule has 5 heteroatoms. The van der Waals surface area contributed by atoms with Crippen molar-refractivity contribution in [3.05, 3.63) is 18.2 Å². The number of likely N-dealkylation sites (N-methyl/N-ethyl adjacent to an activating group) is 1. The van der Waals surface area contributed by atoms with Crippen molar-refractivity contribution in [2.24, 2.45) is 0 Å². The molecule has 0 fully saturated rings. The molecule has 5 nitrogen and oxygen atoms in total. The van der Waals surface area contributed by atoms with Crippen molar-refractivity contribution in [1.82, 2.24) is 14.5 Å². The van der Waals surface area contributed by atoms with Gasteiger partial charge < -0.3 is 14.6 Å². The molecule has 0 unspecified atom stereocenters. The quantitative estimate of drug-likeness (QED) is 0.685. The monoisotopic (exact) mass is 183 g/mol. The highest BCUT2D eigenvalue weighted by Crippen LogP contribution is 1.97. The molecule has 72 valence electrons. The van der Waals surface area contributed by atoms with E-state index >= 15 is 0 Å². The fourth-order valence-electron chi connectivity index (χ4n) is 0.923. The number of amides is 1. The molecule has 0 aromatic carbocycles. The summed E-state index contributed by atoms with van der Waals surface area (Å²) in [5.41, 5.74) is 0. The molecule has 1 rings (SSSR count). The molecule has 0 spiro atoms. The van der Waals surface area contributed by atoms with Crippen molar-refractivity contribution in [3.8, 4) is 0 Å². The normalized spacial score (nSPS) is 10.1. The molecule has 1 N–H and O–H groups in total. The maximum Gasteiger partial charge on any atom is 0.242 e. The van der Waals surface area contributed by atoms with E-state index < -0.39 is 0 Å². The van der Waals surface area contributed by atoms with Gasteiger partial charge >= 0.3 is 0 Å². The standard InChI is InChI=1S/C8H13N3O2/c1-10(2)8(13)5-11-4-3-9-7(11)6-12/h3-4,12H,5-6H2,1-2H3. The summed E-state index contributed by atoms with van der Waals surface area (Å²) in [6, 6.07) is 0. The Balaban J connectivity index is 2.68. The molecular weight excluding hydrogens is 170 g/mol. The van der Waals surface area contributed by atoms with Crippen molar-refractivity contribution in [3.63, 3.8) is 0 Å². The van der Waals surface area contributed by atoms with E-state index in [9.17, 15) is 4.79 Å². The van der Waals surface area contributed by atoms with Crippen LogP contribution < -0.4 is 0 Å². The Hall–Kier alpha value is -1.36. The van der Waals surface area contributed by atoms with Gasteiger partial charge in [-0.1, -0.05) is 0 Å². The van der Waals surface area contributed by atoms with E-state index in [0.717, 1.165) is 0 Å². The SMILES string of the molecule is CN(C)C(=O)Cn1ccnc1CO. The van der Waals surface area contributed by atoms with Crippen LogP contribution in [0.2, 0.25) is 0 Å². The van der Waals surface area contributed by atoms with Gasteiger partial charge in [0.1, 0.15) is 19.0 Å². The van der Waals surface area contributed by atoms with E-state index in [0.29, 0.717) is 5.82 Å². The third-order valence-electron chi connectivity index (χ3n) is 1.75. The Labute approximate surface area is 76.6 Å². The number of aliphatic hydroxyl groups is 1. The van der Waals surface area contributed by atoms with Gasteiger partial charge in [-0.15, -0.1) is 0 Å². The third-order valence-corrected chi connectivity index (χ3v) is 1.75. The summed E-state index contributed by atoms with van der Waals surface area (Å²) in [5, 5.41) is 8.85. The van der Waals surface area contributed by atoms with Gasteiger partial charge in [0.15, 0.2) is 0 Å². The Kier molecular flexibility index (Phi) is 3.02. The van der Waals surface area contributed by atoms with Crippen LogP contribution in [-0.4, -0.2) is 39.6 Å². The van der Waals surface area contributed by atoms with Crippen LogP contribution in [0.15, 0.2) is 12.4 Å². The van der Waals surface area contributed by atoms with Gasteiger partial charge in [-0.05, 0) is 0 Å². The first-order valence-corrected chi connectivity index (χ1v) is 3.96. The average Bonchev–Trinajstić information content (AvgIpc) is 2.51. The Morgan fingerprint density at radius 2 is 2.38 bits per heavy atom. The predicted octanol–water partition coefficient (Wildman–Crippen LogP) is -0.536. The minimum Gasteiger partial charge on any atom is -0.388 e. The van der Waals surface area contributed by atoms with Crippen LogP contribution in [0.1, 0.15) is 5.82 Å². The molecule has 0 saturated heterocycles. The van der Waals surface area contributed by atoms with Crippen LogP contribution in [0, 0.1) is 0 Å². The van der Waals surface area contributed by atoms with Crippen molar-refractivity contribution in [1.29, 1.82) is 0 Å². The van der Waals surface area contributed by atoms with Crippen molar-refractivity contribution in [2.75, 3.05) is 14.1 Å². The smallest absolute Gasteiger partial charge is 0.242 e. The van der Waals surface area contributed by atoms with Crippen LogP contribution in [0.3, 0.4) is 0 Å². The second kappa shape index (κ2) is 4.04. The third kappa shape index (κ3) is 2.29. The molecule has 0 saturated carbocycles. The zero-order valence-corrected chi connectivity index (χ0v) is 7.77. The van der Waals surface area contributed by atoms with Gasteiger partial charge in [-0.25, -0.2) is 4.98 Å². The summed E-state index contributed by atoms with van der Waals surface area (Å²) >= 11 is 0. The summed E-state index contributed by atoms with van der Waals surface area (Å²) in [4.78, 5) is 16.7. The lowest BCUT2D eigenvalue weighted by molar-refractivity contribution is -0.129. The molecule has 0 atom stereocenters. The van der Waals surface area contributed by atoms with E-state index in [2.05, 4.69) is 4.98 Å². The minimum absolute atomic E-state index is 0.0206. The topological polar surface area (TPSA) is 58.4 Å². The second-order valence-corrected chi connectivity index (χ2v) is 2.92. The maximum atomic E-state index is 11.3. The molecule has 1 aromatic rings. The van der Waals surface area contributed by atoms with Crippen molar-refractivity contribution in [2.45, 2.75) is 13.2 Å². The zero-order valence-electron chi connectivity index (χ0n) is 7.77. The number of nitrogens with zero attached hydrogens (tertiary/aromatic N) is 3. The lowest BCUT2D eigenvalue weighted by Crippen LogP contribution is -2.26.